The minimum atomic E-state index is 0.00635. The third kappa shape index (κ3) is 2.03. The highest BCUT2D eigenvalue weighted by atomic mass is 16.7. The molecule has 0 radical (unpaired) electrons. The van der Waals surface area contributed by atoms with Gasteiger partial charge in [0.25, 0.3) is 5.91 Å². The Bertz CT molecular complexity index is 711. The predicted octanol–water partition coefficient (Wildman–Crippen LogP) is 2.61. The van der Waals surface area contributed by atoms with Gasteiger partial charge in [0.05, 0.1) is 5.56 Å². The van der Waals surface area contributed by atoms with E-state index in [4.69, 9.17) is 9.47 Å². The molecule has 0 saturated carbocycles. The summed E-state index contributed by atoms with van der Waals surface area (Å²) in [6.45, 7) is 1.57. The number of rotatable bonds is 1. The summed E-state index contributed by atoms with van der Waals surface area (Å²) in [6.07, 6.45) is 0.897. The Morgan fingerprint density at radius 3 is 2.76 bits per heavy atom. The van der Waals surface area contributed by atoms with Crippen LogP contribution in [0.3, 0.4) is 0 Å². The molecule has 21 heavy (non-hydrogen) atoms. The van der Waals surface area contributed by atoms with E-state index >= 15 is 0 Å². The lowest BCUT2D eigenvalue weighted by molar-refractivity contribution is 0.0730. The van der Waals surface area contributed by atoms with E-state index in [2.05, 4.69) is 12.1 Å². The zero-order valence-corrected chi connectivity index (χ0v) is 11.5. The van der Waals surface area contributed by atoms with Gasteiger partial charge < -0.3 is 14.4 Å². The molecule has 2 aromatic rings. The van der Waals surface area contributed by atoms with Crippen LogP contribution in [-0.4, -0.2) is 24.1 Å². The maximum absolute atomic E-state index is 12.8. The van der Waals surface area contributed by atoms with E-state index in [0.29, 0.717) is 23.6 Å². The minimum Gasteiger partial charge on any atom is -0.454 e. The fourth-order valence-electron chi connectivity index (χ4n) is 2.94. The number of ether oxygens (including phenoxy) is 2. The Morgan fingerprint density at radius 2 is 1.86 bits per heavy atom. The van der Waals surface area contributed by atoms with E-state index in [1.54, 1.807) is 6.07 Å². The van der Waals surface area contributed by atoms with Crippen molar-refractivity contribution in [1.82, 2.24) is 4.90 Å². The highest BCUT2D eigenvalue weighted by Gasteiger charge is 2.27. The van der Waals surface area contributed by atoms with Crippen LogP contribution in [-0.2, 0) is 13.0 Å². The number of hydrogen-bond donors (Lipinski definition) is 0. The Morgan fingerprint density at radius 1 is 1.00 bits per heavy atom. The number of para-hydroxylation sites is 1. The van der Waals surface area contributed by atoms with Crippen molar-refractivity contribution in [3.63, 3.8) is 0 Å². The number of carbonyl (C=O) groups excluding carboxylic acids is 1. The summed E-state index contributed by atoms with van der Waals surface area (Å²) < 4.78 is 10.8. The molecule has 2 aromatic carbocycles. The molecule has 1 amide bonds. The normalized spacial score (nSPS) is 15.7. The first-order valence-corrected chi connectivity index (χ1v) is 7.07. The first kappa shape index (κ1) is 12.3. The molecule has 2 heterocycles. The average molecular weight is 281 g/mol. The van der Waals surface area contributed by atoms with Crippen LogP contribution < -0.4 is 9.47 Å². The molecule has 4 nitrogen and oxygen atoms in total. The summed E-state index contributed by atoms with van der Waals surface area (Å²) in [4.78, 5) is 14.6. The summed E-state index contributed by atoms with van der Waals surface area (Å²) in [5, 5.41) is 0. The molecule has 0 atom stereocenters. The topological polar surface area (TPSA) is 38.8 Å². The van der Waals surface area contributed by atoms with E-state index in [9.17, 15) is 4.79 Å². The van der Waals surface area contributed by atoms with Crippen molar-refractivity contribution in [3.8, 4) is 11.5 Å². The minimum absolute atomic E-state index is 0.00635. The van der Waals surface area contributed by atoms with Gasteiger partial charge in [0.15, 0.2) is 11.5 Å². The lowest BCUT2D eigenvalue weighted by Crippen LogP contribution is -2.36. The van der Waals surface area contributed by atoms with Crippen molar-refractivity contribution in [2.24, 2.45) is 0 Å². The molecule has 4 heteroatoms. The van der Waals surface area contributed by atoms with Gasteiger partial charge in [-0.25, -0.2) is 0 Å². The molecule has 0 fully saturated rings. The molecule has 106 valence electrons. The smallest absolute Gasteiger partial charge is 0.258 e. The van der Waals surface area contributed by atoms with Crippen LogP contribution in [0.15, 0.2) is 42.5 Å². The molecule has 2 aliphatic rings. The maximum Gasteiger partial charge on any atom is 0.258 e. The highest BCUT2D eigenvalue weighted by molar-refractivity contribution is 5.98. The number of hydrogen-bond acceptors (Lipinski definition) is 3. The first-order chi connectivity index (χ1) is 10.3. The quantitative estimate of drug-likeness (QED) is 0.806. The van der Waals surface area contributed by atoms with Crippen molar-refractivity contribution in [2.45, 2.75) is 13.0 Å². The summed E-state index contributed by atoms with van der Waals surface area (Å²) in [5.41, 5.74) is 3.14. The van der Waals surface area contributed by atoms with Crippen molar-refractivity contribution in [1.29, 1.82) is 0 Å². The summed E-state index contributed by atoms with van der Waals surface area (Å²) >= 11 is 0. The molecular weight excluding hydrogens is 266 g/mol. The van der Waals surface area contributed by atoms with Crippen molar-refractivity contribution in [2.75, 3.05) is 13.3 Å². The van der Waals surface area contributed by atoms with Gasteiger partial charge in [-0.1, -0.05) is 30.3 Å². The van der Waals surface area contributed by atoms with Gasteiger partial charge in [-0.05, 0) is 29.7 Å². The summed E-state index contributed by atoms with van der Waals surface area (Å²) in [5.74, 6) is 1.23. The number of nitrogens with zero attached hydrogens (tertiary/aromatic N) is 1. The molecular formula is C17H15NO3. The van der Waals surface area contributed by atoms with Crippen molar-refractivity contribution in [3.05, 3.63) is 59.2 Å². The van der Waals surface area contributed by atoms with E-state index < -0.39 is 0 Å². The fourth-order valence-corrected chi connectivity index (χ4v) is 2.94. The molecule has 0 unspecified atom stereocenters. The van der Waals surface area contributed by atoms with Gasteiger partial charge >= 0.3 is 0 Å². The second-order valence-electron chi connectivity index (χ2n) is 5.28. The third-order valence-corrected chi connectivity index (χ3v) is 4.04. The SMILES string of the molecule is O=C(c1cccc2c1OCO2)N1CCc2ccccc2C1. The van der Waals surface area contributed by atoms with Crippen LogP contribution in [0.2, 0.25) is 0 Å². The second-order valence-corrected chi connectivity index (χ2v) is 5.28. The van der Waals surface area contributed by atoms with E-state index in [1.807, 2.05) is 29.2 Å². The Kier molecular flexibility index (Phi) is 2.81. The number of amides is 1. The van der Waals surface area contributed by atoms with E-state index in [1.165, 1.54) is 11.1 Å². The maximum atomic E-state index is 12.8. The fraction of sp³-hybridized carbons (Fsp3) is 0.235. The Labute approximate surface area is 122 Å². The third-order valence-electron chi connectivity index (χ3n) is 4.04. The Hall–Kier alpha value is -2.49. The van der Waals surface area contributed by atoms with Crippen molar-refractivity contribution >= 4 is 5.91 Å². The highest BCUT2D eigenvalue weighted by Crippen LogP contribution is 2.36. The lowest BCUT2D eigenvalue weighted by atomic mass is 9.99. The standard InChI is InChI=1S/C17H15NO3/c19-17(14-6-3-7-15-16(14)21-11-20-15)18-9-8-12-4-1-2-5-13(12)10-18/h1-7H,8-11H2. The van der Waals surface area contributed by atoms with Crippen LogP contribution in [0.1, 0.15) is 21.5 Å². The molecule has 0 aliphatic carbocycles. The van der Waals surface area contributed by atoms with Crippen LogP contribution >= 0.6 is 0 Å². The second kappa shape index (κ2) is 4.81. The zero-order chi connectivity index (χ0) is 14.2. The van der Waals surface area contributed by atoms with Gasteiger partial charge in [0.2, 0.25) is 6.79 Å². The average Bonchev–Trinajstić information content (AvgIpc) is 3.02. The van der Waals surface area contributed by atoms with Crippen molar-refractivity contribution < 1.29 is 14.3 Å². The molecule has 0 N–H and O–H groups in total. The van der Waals surface area contributed by atoms with Crippen LogP contribution in [0.25, 0.3) is 0 Å². The van der Waals surface area contributed by atoms with Crippen LogP contribution in [0.5, 0.6) is 11.5 Å². The lowest BCUT2D eigenvalue weighted by Gasteiger charge is -2.29. The molecule has 0 bridgehead atoms. The van der Waals surface area contributed by atoms with E-state index in [-0.39, 0.29) is 12.7 Å². The Balaban J connectivity index is 1.64. The van der Waals surface area contributed by atoms with E-state index in [0.717, 1.165) is 13.0 Å². The van der Waals surface area contributed by atoms with Crippen LogP contribution in [0.4, 0.5) is 0 Å². The largest absolute Gasteiger partial charge is 0.454 e. The van der Waals surface area contributed by atoms with Gasteiger partial charge in [-0.15, -0.1) is 0 Å². The number of benzene rings is 2. The monoisotopic (exact) mass is 281 g/mol. The molecule has 4 rings (SSSR count). The van der Waals surface area contributed by atoms with Gasteiger partial charge in [-0.3, -0.25) is 4.79 Å². The van der Waals surface area contributed by atoms with Gasteiger partial charge in [-0.2, -0.15) is 0 Å². The first-order valence-electron chi connectivity index (χ1n) is 7.07. The summed E-state index contributed by atoms with van der Waals surface area (Å²) in [7, 11) is 0. The predicted molar refractivity (Wildman–Crippen MR) is 77.5 cm³/mol. The molecule has 0 saturated heterocycles. The molecule has 2 aliphatic heterocycles. The molecule has 0 spiro atoms. The number of carbonyl (C=O) groups is 1. The van der Waals surface area contributed by atoms with Gasteiger partial charge in [0, 0.05) is 13.1 Å². The molecule has 0 aromatic heterocycles. The van der Waals surface area contributed by atoms with Crippen LogP contribution in [0, 0.1) is 0 Å². The van der Waals surface area contributed by atoms with Gasteiger partial charge in [0.1, 0.15) is 0 Å². The zero-order valence-electron chi connectivity index (χ0n) is 11.5. The number of fused-ring (bicyclic) bond motifs is 2. The summed E-state index contributed by atoms with van der Waals surface area (Å²) in [6, 6.07) is 13.7.